The van der Waals surface area contributed by atoms with E-state index in [1.807, 2.05) is 19.1 Å². The molecule has 2 rings (SSSR count). The van der Waals surface area contributed by atoms with E-state index < -0.39 is 5.97 Å². The van der Waals surface area contributed by atoms with Gasteiger partial charge in [0, 0.05) is 15.7 Å². The molecular weight excluding hydrogens is 334 g/mol. The molecule has 4 nitrogen and oxygen atoms in total. The Morgan fingerprint density at radius 2 is 1.90 bits per heavy atom. The Morgan fingerprint density at radius 3 is 2.57 bits per heavy atom. The number of hydrogen-bond acceptors (Lipinski definition) is 2. The Kier molecular flexibility index (Phi) is 4.75. The molecule has 0 atom stereocenters. The lowest BCUT2D eigenvalue weighted by Gasteiger charge is -2.10. The predicted octanol–water partition coefficient (Wildman–Crippen LogP) is 3.96. The molecule has 0 aliphatic rings. The summed E-state index contributed by atoms with van der Waals surface area (Å²) < 4.78 is 0.599. The minimum atomic E-state index is -1.04. The third-order valence-corrected chi connectivity index (χ3v) is 3.50. The maximum atomic E-state index is 12.3. The molecule has 0 aromatic heterocycles. The molecule has 5 heteroatoms. The van der Waals surface area contributed by atoms with E-state index in [4.69, 9.17) is 5.11 Å². The van der Waals surface area contributed by atoms with Crippen LogP contribution in [0.3, 0.4) is 0 Å². The standard InChI is InChI=1S/C16H14BrNO3/c1-2-10-5-3-4-6-14(10)15(19)18-13-8-11(16(20)21)7-12(17)9-13/h3-9H,2H2,1H3,(H,18,19)(H,20,21). The van der Waals surface area contributed by atoms with Gasteiger partial charge < -0.3 is 10.4 Å². The van der Waals surface area contributed by atoms with Gasteiger partial charge in [-0.2, -0.15) is 0 Å². The minimum absolute atomic E-state index is 0.114. The topological polar surface area (TPSA) is 66.4 Å². The van der Waals surface area contributed by atoms with Crippen molar-refractivity contribution in [3.05, 3.63) is 63.6 Å². The van der Waals surface area contributed by atoms with Gasteiger partial charge in [0.15, 0.2) is 0 Å². The second kappa shape index (κ2) is 6.54. The van der Waals surface area contributed by atoms with Gasteiger partial charge in [-0.15, -0.1) is 0 Å². The molecule has 0 aliphatic heterocycles. The van der Waals surface area contributed by atoms with Crippen LogP contribution >= 0.6 is 15.9 Å². The second-order valence-corrected chi connectivity index (χ2v) is 5.41. The SMILES string of the molecule is CCc1ccccc1C(=O)Nc1cc(Br)cc(C(=O)O)c1. The molecule has 0 saturated carbocycles. The Labute approximate surface area is 130 Å². The van der Waals surface area contributed by atoms with Crippen LogP contribution in [0.2, 0.25) is 0 Å². The number of aromatic carboxylic acids is 1. The fourth-order valence-corrected chi connectivity index (χ4v) is 2.53. The maximum absolute atomic E-state index is 12.3. The summed E-state index contributed by atoms with van der Waals surface area (Å²) in [5.74, 6) is -1.29. The second-order valence-electron chi connectivity index (χ2n) is 4.50. The third kappa shape index (κ3) is 3.70. The number of rotatable bonds is 4. The number of benzene rings is 2. The number of carboxylic acids is 1. The Hall–Kier alpha value is -2.14. The van der Waals surface area contributed by atoms with Gasteiger partial charge in [0.2, 0.25) is 0 Å². The van der Waals surface area contributed by atoms with Crippen LogP contribution in [0.4, 0.5) is 5.69 Å². The van der Waals surface area contributed by atoms with E-state index in [1.54, 1.807) is 18.2 Å². The summed E-state index contributed by atoms with van der Waals surface area (Å²) in [6.45, 7) is 1.98. The van der Waals surface area contributed by atoms with E-state index in [2.05, 4.69) is 21.2 Å². The molecule has 0 unspecified atom stereocenters. The van der Waals surface area contributed by atoms with E-state index >= 15 is 0 Å². The summed E-state index contributed by atoms with van der Waals surface area (Å²) in [5, 5.41) is 11.8. The largest absolute Gasteiger partial charge is 0.478 e. The lowest BCUT2D eigenvalue weighted by atomic mass is 10.0. The van der Waals surface area contributed by atoms with E-state index in [1.165, 1.54) is 12.1 Å². The molecule has 2 N–H and O–H groups in total. The zero-order valence-corrected chi connectivity index (χ0v) is 13.0. The molecule has 0 fully saturated rings. The molecule has 0 saturated heterocycles. The monoisotopic (exact) mass is 347 g/mol. The third-order valence-electron chi connectivity index (χ3n) is 3.05. The van der Waals surface area contributed by atoms with Crippen LogP contribution in [-0.2, 0) is 6.42 Å². The van der Waals surface area contributed by atoms with Gasteiger partial charge in [-0.05, 0) is 36.2 Å². The first kappa shape index (κ1) is 15.3. The number of carbonyl (C=O) groups excluding carboxylic acids is 1. The maximum Gasteiger partial charge on any atom is 0.335 e. The molecule has 1 amide bonds. The Bertz CT molecular complexity index is 698. The van der Waals surface area contributed by atoms with Crippen LogP contribution in [0, 0.1) is 0 Å². The van der Waals surface area contributed by atoms with Gasteiger partial charge >= 0.3 is 5.97 Å². The molecule has 0 bridgehead atoms. The highest BCUT2D eigenvalue weighted by molar-refractivity contribution is 9.10. The Morgan fingerprint density at radius 1 is 1.19 bits per heavy atom. The summed E-state index contributed by atoms with van der Waals surface area (Å²) in [5.41, 5.74) is 2.10. The molecule has 0 radical (unpaired) electrons. The lowest BCUT2D eigenvalue weighted by molar-refractivity contribution is 0.0696. The molecule has 2 aromatic rings. The average molecular weight is 348 g/mol. The van der Waals surface area contributed by atoms with Crippen LogP contribution < -0.4 is 5.32 Å². The summed E-state index contributed by atoms with van der Waals surface area (Å²) in [6, 6.07) is 11.9. The van der Waals surface area contributed by atoms with Crippen LogP contribution in [0.25, 0.3) is 0 Å². The molecule has 0 spiro atoms. The van der Waals surface area contributed by atoms with E-state index in [-0.39, 0.29) is 11.5 Å². The van der Waals surface area contributed by atoms with Gasteiger partial charge in [-0.3, -0.25) is 4.79 Å². The Balaban J connectivity index is 2.29. The first-order valence-corrected chi connectivity index (χ1v) is 7.23. The molecule has 21 heavy (non-hydrogen) atoms. The van der Waals surface area contributed by atoms with Crippen molar-refractivity contribution in [2.75, 3.05) is 5.32 Å². The van der Waals surface area contributed by atoms with Gasteiger partial charge in [0.25, 0.3) is 5.91 Å². The number of carboxylic acid groups (broad SMARTS) is 1. The van der Waals surface area contributed by atoms with Crippen molar-refractivity contribution in [3.63, 3.8) is 0 Å². The summed E-state index contributed by atoms with van der Waals surface area (Å²) in [6.07, 6.45) is 0.752. The quantitative estimate of drug-likeness (QED) is 0.879. The van der Waals surface area contributed by atoms with Crippen LogP contribution in [-0.4, -0.2) is 17.0 Å². The lowest BCUT2D eigenvalue weighted by Crippen LogP contribution is -2.14. The minimum Gasteiger partial charge on any atom is -0.478 e. The number of amides is 1. The van der Waals surface area contributed by atoms with Crippen molar-refractivity contribution in [1.29, 1.82) is 0 Å². The van der Waals surface area contributed by atoms with Crippen LogP contribution in [0.5, 0.6) is 0 Å². The first-order chi connectivity index (χ1) is 10.0. The predicted molar refractivity (Wildman–Crippen MR) is 84.9 cm³/mol. The van der Waals surface area contributed by atoms with Crippen LogP contribution in [0.1, 0.15) is 33.2 Å². The number of carbonyl (C=O) groups is 2. The zero-order valence-electron chi connectivity index (χ0n) is 11.4. The van der Waals surface area contributed by atoms with Gasteiger partial charge in [0.1, 0.15) is 0 Å². The van der Waals surface area contributed by atoms with Crippen molar-refractivity contribution in [2.45, 2.75) is 13.3 Å². The van der Waals surface area contributed by atoms with E-state index in [9.17, 15) is 9.59 Å². The van der Waals surface area contributed by atoms with Gasteiger partial charge in [-0.25, -0.2) is 4.79 Å². The molecule has 2 aromatic carbocycles. The van der Waals surface area contributed by atoms with Crippen molar-refractivity contribution >= 4 is 33.5 Å². The van der Waals surface area contributed by atoms with Crippen molar-refractivity contribution < 1.29 is 14.7 Å². The van der Waals surface area contributed by atoms with Crippen molar-refractivity contribution in [1.82, 2.24) is 0 Å². The smallest absolute Gasteiger partial charge is 0.335 e. The number of halogens is 1. The fourth-order valence-electron chi connectivity index (χ4n) is 2.03. The summed E-state index contributed by atoms with van der Waals surface area (Å²) in [4.78, 5) is 23.3. The highest BCUT2D eigenvalue weighted by Gasteiger charge is 2.12. The number of hydrogen-bond donors (Lipinski definition) is 2. The molecule has 0 aliphatic carbocycles. The average Bonchev–Trinajstić information content (AvgIpc) is 2.46. The fraction of sp³-hybridized carbons (Fsp3) is 0.125. The van der Waals surface area contributed by atoms with Crippen molar-refractivity contribution in [3.8, 4) is 0 Å². The van der Waals surface area contributed by atoms with Crippen molar-refractivity contribution in [2.24, 2.45) is 0 Å². The van der Waals surface area contributed by atoms with E-state index in [0.717, 1.165) is 12.0 Å². The number of nitrogens with one attached hydrogen (secondary N) is 1. The van der Waals surface area contributed by atoms with Crippen LogP contribution in [0.15, 0.2) is 46.9 Å². The zero-order chi connectivity index (χ0) is 15.4. The molecule has 108 valence electrons. The van der Waals surface area contributed by atoms with Gasteiger partial charge in [-0.1, -0.05) is 41.1 Å². The van der Waals surface area contributed by atoms with E-state index in [0.29, 0.717) is 15.7 Å². The number of anilines is 1. The molecule has 0 heterocycles. The summed E-state index contributed by atoms with van der Waals surface area (Å²) in [7, 11) is 0. The normalized spacial score (nSPS) is 10.2. The highest BCUT2D eigenvalue weighted by atomic mass is 79.9. The van der Waals surface area contributed by atoms with Gasteiger partial charge in [0.05, 0.1) is 5.56 Å². The first-order valence-electron chi connectivity index (χ1n) is 6.44. The number of aryl methyl sites for hydroxylation is 1. The summed E-state index contributed by atoms with van der Waals surface area (Å²) >= 11 is 3.24. The highest BCUT2D eigenvalue weighted by Crippen LogP contribution is 2.21. The molecular formula is C16H14BrNO3.